The van der Waals surface area contributed by atoms with Crippen molar-refractivity contribution in [2.24, 2.45) is 5.41 Å². The van der Waals surface area contributed by atoms with Gasteiger partial charge in [-0.25, -0.2) is 0 Å². The fraction of sp³-hybridized carbons (Fsp3) is 0.647. The van der Waals surface area contributed by atoms with Gasteiger partial charge in [0.1, 0.15) is 11.5 Å². The Bertz CT molecular complexity index is 558. The molecule has 1 atom stereocenters. The van der Waals surface area contributed by atoms with Crippen molar-refractivity contribution in [2.45, 2.75) is 52.3 Å². The maximum Gasteiger partial charge on any atom is 0.213 e. The zero-order chi connectivity index (χ0) is 16.0. The molecule has 1 fully saturated rings. The number of phenols is 1. The first-order valence-corrected chi connectivity index (χ1v) is 7.62. The average molecular weight is 308 g/mol. The summed E-state index contributed by atoms with van der Waals surface area (Å²) in [4.78, 5) is 0. The van der Waals surface area contributed by atoms with E-state index in [0.717, 1.165) is 0 Å². The number of hydrogen-bond donors (Lipinski definition) is 1. The van der Waals surface area contributed by atoms with Gasteiger partial charge in [-0.3, -0.25) is 0 Å². The third-order valence-corrected chi connectivity index (χ3v) is 4.13. The van der Waals surface area contributed by atoms with Gasteiger partial charge in [-0.15, -0.1) is 0 Å². The number of ether oxygens (including phenoxy) is 4. The normalized spacial score (nSPS) is 29.5. The van der Waals surface area contributed by atoms with Gasteiger partial charge in [0.15, 0.2) is 5.79 Å². The van der Waals surface area contributed by atoms with Gasteiger partial charge >= 0.3 is 0 Å². The summed E-state index contributed by atoms with van der Waals surface area (Å²) >= 11 is 0. The monoisotopic (exact) mass is 308 g/mol. The molecule has 1 saturated heterocycles. The van der Waals surface area contributed by atoms with Crippen LogP contribution in [0.15, 0.2) is 18.2 Å². The standard InChI is InChI=1S/C17H24O5/c1-15(2)10-20-16(3,21-11-15)9-17(4)19-8-12-13(18)6-5-7-14(12)22-17/h5-7,18H,8-11H2,1-4H3. The topological polar surface area (TPSA) is 57.2 Å². The quantitative estimate of drug-likeness (QED) is 0.909. The SMILES string of the molecule is CC1(C)COC(C)(CC2(C)OCc3c(O)cccc3O2)OC1. The first-order chi connectivity index (χ1) is 10.2. The predicted octanol–water partition coefficient (Wildman–Crippen LogP) is 3.20. The Hall–Kier alpha value is -1.30. The molecule has 0 radical (unpaired) electrons. The van der Waals surface area contributed by atoms with Crippen LogP contribution in [0.2, 0.25) is 0 Å². The number of fused-ring (bicyclic) bond motifs is 1. The van der Waals surface area contributed by atoms with Gasteiger partial charge in [-0.2, -0.15) is 0 Å². The summed E-state index contributed by atoms with van der Waals surface area (Å²) < 4.78 is 23.7. The van der Waals surface area contributed by atoms with E-state index >= 15 is 0 Å². The van der Waals surface area contributed by atoms with Gasteiger partial charge in [0.25, 0.3) is 0 Å². The van der Waals surface area contributed by atoms with Crippen molar-refractivity contribution < 1.29 is 24.1 Å². The number of phenolic OH excluding ortho intramolecular Hbond substituents is 1. The van der Waals surface area contributed by atoms with Crippen LogP contribution in [0.4, 0.5) is 0 Å². The third-order valence-electron chi connectivity index (χ3n) is 4.13. The molecule has 1 aromatic carbocycles. The van der Waals surface area contributed by atoms with E-state index in [2.05, 4.69) is 13.8 Å². The highest BCUT2D eigenvalue weighted by Gasteiger charge is 2.45. The van der Waals surface area contributed by atoms with Crippen LogP contribution in [0.1, 0.15) is 39.7 Å². The maximum atomic E-state index is 9.85. The third kappa shape index (κ3) is 3.07. The first kappa shape index (κ1) is 15.6. The molecule has 0 amide bonds. The van der Waals surface area contributed by atoms with E-state index in [4.69, 9.17) is 18.9 Å². The first-order valence-electron chi connectivity index (χ1n) is 7.62. The van der Waals surface area contributed by atoms with Gasteiger partial charge in [0.05, 0.1) is 31.8 Å². The molecule has 0 aromatic heterocycles. The van der Waals surface area contributed by atoms with Gasteiger partial charge in [0.2, 0.25) is 5.79 Å². The molecular weight excluding hydrogens is 284 g/mol. The van der Waals surface area contributed by atoms with Crippen molar-refractivity contribution in [3.63, 3.8) is 0 Å². The average Bonchev–Trinajstić information content (AvgIpc) is 2.42. The summed E-state index contributed by atoms with van der Waals surface area (Å²) in [6, 6.07) is 5.23. The Balaban J connectivity index is 1.73. The van der Waals surface area contributed by atoms with Gasteiger partial charge in [0, 0.05) is 12.3 Å². The van der Waals surface area contributed by atoms with Crippen molar-refractivity contribution >= 4 is 0 Å². The van der Waals surface area contributed by atoms with E-state index in [0.29, 0.717) is 37.6 Å². The molecule has 2 aliphatic rings. The summed E-state index contributed by atoms with van der Waals surface area (Å²) in [6.07, 6.45) is 0.450. The molecule has 0 aliphatic carbocycles. The Morgan fingerprint density at radius 2 is 1.68 bits per heavy atom. The smallest absolute Gasteiger partial charge is 0.213 e. The Kier molecular flexibility index (Phi) is 3.62. The molecule has 22 heavy (non-hydrogen) atoms. The molecule has 1 aromatic rings. The number of benzene rings is 1. The fourth-order valence-electron chi connectivity index (χ4n) is 2.83. The molecule has 1 N–H and O–H groups in total. The van der Waals surface area contributed by atoms with Crippen LogP contribution in [0, 0.1) is 5.41 Å². The molecule has 0 bridgehead atoms. The molecule has 122 valence electrons. The molecule has 2 aliphatic heterocycles. The van der Waals surface area contributed by atoms with Crippen LogP contribution >= 0.6 is 0 Å². The van der Waals surface area contributed by atoms with Crippen molar-refractivity contribution in [2.75, 3.05) is 13.2 Å². The minimum Gasteiger partial charge on any atom is -0.507 e. The van der Waals surface area contributed by atoms with E-state index in [1.165, 1.54) is 0 Å². The highest BCUT2D eigenvalue weighted by atomic mass is 16.7. The molecule has 5 nitrogen and oxygen atoms in total. The van der Waals surface area contributed by atoms with Crippen LogP contribution in [-0.4, -0.2) is 29.9 Å². The zero-order valence-electron chi connectivity index (χ0n) is 13.6. The lowest BCUT2D eigenvalue weighted by molar-refractivity contribution is -0.329. The second-order valence-electron chi connectivity index (χ2n) is 7.33. The highest BCUT2D eigenvalue weighted by Crippen LogP contribution is 2.41. The summed E-state index contributed by atoms with van der Waals surface area (Å²) in [5.74, 6) is -0.749. The van der Waals surface area contributed by atoms with E-state index in [-0.39, 0.29) is 11.2 Å². The molecule has 3 rings (SSSR count). The Morgan fingerprint density at radius 1 is 1.00 bits per heavy atom. The van der Waals surface area contributed by atoms with Crippen LogP contribution in [0.5, 0.6) is 11.5 Å². The predicted molar refractivity (Wildman–Crippen MR) is 80.6 cm³/mol. The van der Waals surface area contributed by atoms with Crippen LogP contribution < -0.4 is 4.74 Å². The van der Waals surface area contributed by atoms with Gasteiger partial charge in [-0.05, 0) is 19.1 Å². The van der Waals surface area contributed by atoms with Crippen molar-refractivity contribution in [3.05, 3.63) is 23.8 Å². The van der Waals surface area contributed by atoms with E-state index < -0.39 is 11.6 Å². The van der Waals surface area contributed by atoms with Crippen molar-refractivity contribution in [3.8, 4) is 11.5 Å². The van der Waals surface area contributed by atoms with E-state index in [1.54, 1.807) is 12.1 Å². The molecule has 5 heteroatoms. The lowest BCUT2D eigenvalue weighted by Crippen LogP contribution is -2.52. The summed E-state index contributed by atoms with van der Waals surface area (Å²) in [7, 11) is 0. The molecule has 0 saturated carbocycles. The molecule has 1 unspecified atom stereocenters. The number of hydrogen-bond acceptors (Lipinski definition) is 5. The maximum absolute atomic E-state index is 9.85. The largest absolute Gasteiger partial charge is 0.507 e. The molecule has 0 spiro atoms. The molecule has 2 heterocycles. The van der Waals surface area contributed by atoms with Crippen molar-refractivity contribution in [1.82, 2.24) is 0 Å². The second kappa shape index (κ2) is 5.11. The van der Waals surface area contributed by atoms with Crippen LogP contribution in [0.3, 0.4) is 0 Å². The van der Waals surface area contributed by atoms with Crippen LogP contribution in [0.25, 0.3) is 0 Å². The lowest BCUT2D eigenvalue weighted by atomic mass is 9.93. The zero-order valence-corrected chi connectivity index (χ0v) is 13.6. The Morgan fingerprint density at radius 3 is 2.36 bits per heavy atom. The summed E-state index contributed by atoms with van der Waals surface area (Å²) in [5.41, 5.74) is 0.698. The summed E-state index contributed by atoms with van der Waals surface area (Å²) in [6.45, 7) is 9.59. The van der Waals surface area contributed by atoms with E-state index in [1.807, 2.05) is 19.9 Å². The fourth-order valence-corrected chi connectivity index (χ4v) is 2.83. The van der Waals surface area contributed by atoms with Crippen LogP contribution in [-0.2, 0) is 20.8 Å². The molecular formula is C17H24O5. The van der Waals surface area contributed by atoms with Crippen molar-refractivity contribution in [1.29, 1.82) is 0 Å². The number of rotatable bonds is 2. The minimum atomic E-state index is -0.850. The second-order valence-corrected chi connectivity index (χ2v) is 7.33. The van der Waals surface area contributed by atoms with Gasteiger partial charge in [-0.1, -0.05) is 19.9 Å². The highest BCUT2D eigenvalue weighted by molar-refractivity contribution is 5.44. The van der Waals surface area contributed by atoms with E-state index in [9.17, 15) is 5.11 Å². The summed E-state index contributed by atoms with van der Waals surface area (Å²) in [5, 5.41) is 9.85. The lowest BCUT2D eigenvalue weighted by Gasteiger charge is -2.46. The van der Waals surface area contributed by atoms with Gasteiger partial charge < -0.3 is 24.1 Å². The minimum absolute atomic E-state index is 0.0209. The number of aromatic hydroxyl groups is 1. The Labute approximate surface area is 131 Å².